The third kappa shape index (κ3) is 13.4. The lowest BCUT2D eigenvalue weighted by Crippen LogP contribution is -2.29. The Kier molecular flexibility index (Phi) is 16.7. The second kappa shape index (κ2) is 20.5. The van der Waals surface area contributed by atoms with Gasteiger partial charge in [0.1, 0.15) is 6.10 Å². The first-order valence-electron chi connectivity index (χ1n) is 17.4. The minimum absolute atomic E-state index is 0.139. The molecule has 0 aliphatic heterocycles. The second-order valence-corrected chi connectivity index (χ2v) is 12.6. The van der Waals surface area contributed by atoms with Crippen LogP contribution < -0.4 is 4.74 Å². The van der Waals surface area contributed by atoms with Crippen LogP contribution in [0.25, 0.3) is 11.1 Å². The van der Waals surface area contributed by atoms with E-state index in [2.05, 4.69) is 31.2 Å². The highest BCUT2D eigenvalue weighted by molar-refractivity contribution is 5.74. The summed E-state index contributed by atoms with van der Waals surface area (Å²) in [4.78, 5) is 12.0. The Morgan fingerprint density at radius 2 is 1.40 bits per heavy atom. The quantitative estimate of drug-likeness (QED) is 0.106. The highest BCUT2D eigenvalue weighted by atomic mass is 19.1. The maximum absolute atomic E-state index is 14.8. The Morgan fingerprint density at radius 3 is 2.02 bits per heavy atom. The summed E-state index contributed by atoms with van der Waals surface area (Å²) in [7, 11) is 0. The third-order valence-corrected chi connectivity index (χ3v) is 8.96. The number of halogens is 2. The molecule has 3 rings (SSSR count). The number of rotatable bonds is 21. The number of carbonyl (C=O) groups is 1. The van der Waals surface area contributed by atoms with Crippen molar-refractivity contribution in [2.24, 2.45) is 5.92 Å². The van der Waals surface area contributed by atoms with E-state index in [1.54, 1.807) is 12.1 Å². The van der Waals surface area contributed by atoms with Crippen molar-refractivity contribution in [2.45, 2.75) is 148 Å². The molecular weight excluding hydrogens is 542 g/mol. The number of unbranched alkanes of at least 4 members (excludes halogenated alkanes) is 10. The smallest absolute Gasteiger partial charge is 0.340 e. The van der Waals surface area contributed by atoms with Crippen LogP contribution >= 0.6 is 0 Å². The Morgan fingerprint density at radius 1 is 0.791 bits per heavy atom. The van der Waals surface area contributed by atoms with Gasteiger partial charge in [0.15, 0.2) is 17.7 Å². The standard InChI is InChI=1S/C38H56F2O3/c1-3-5-7-8-9-10-11-12-13-14-28-42-37-27-24-33(29-36(37)40)32-22-18-30(19-23-32)16-17-31-20-25-34(26-21-31)43-38(41)35(39)15-6-4-2/h18-19,22-24,27,29,31,34-35H,3-17,20-21,25-26,28H2,1-2H3/t31?,34?,35-/m0/s1. The van der Waals surface area contributed by atoms with Gasteiger partial charge in [-0.2, -0.15) is 0 Å². The van der Waals surface area contributed by atoms with Crippen molar-refractivity contribution in [3.8, 4) is 16.9 Å². The number of carbonyl (C=O) groups excluding carboxylic acids is 1. The molecule has 0 radical (unpaired) electrons. The fourth-order valence-corrected chi connectivity index (χ4v) is 6.08. The number of benzene rings is 2. The summed E-state index contributed by atoms with van der Waals surface area (Å²) in [5.74, 6) is -0.0547. The molecule has 1 saturated carbocycles. The van der Waals surface area contributed by atoms with E-state index in [4.69, 9.17) is 9.47 Å². The van der Waals surface area contributed by atoms with Crippen molar-refractivity contribution in [2.75, 3.05) is 6.61 Å². The molecule has 3 nitrogen and oxygen atoms in total. The van der Waals surface area contributed by atoms with Crippen molar-refractivity contribution >= 4 is 5.97 Å². The zero-order chi connectivity index (χ0) is 30.7. The van der Waals surface area contributed by atoms with E-state index in [1.165, 1.54) is 56.9 Å². The summed E-state index contributed by atoms with van der Waals surface area (Å²) < 4.78 is 39.9. The number of esters is 1. The van der Waals surface area contributed by atoms with Crippen LogP contribution in [0.15, 0.2) is 42.5 Å². The molecule has 0 amide bonds. The zero-order valence-electron chi connectivity index (χ0n) is 26.9. The van der Waals surface area contributed by atoms with Gasteiger partial charge in [0.25, 0.3) is 0 Å². The molecule has 43 heavy (non-hydrogen) atoms. The Labute approximate surface area is 260 Å². The predicted molar refractivity (Wildman–Crippen MR) is 174 cm³/mol. The molecule has 240 valence electrons. The Bertz CT molecular complexity index is 1030. The largest absolute Gasteiger partial charge is 0.491 e. The van der Waals surface area contributed by atoms with E-state index in [0.717, 1.165) is 68.9 Å². The van der Waals surface area contributed by atoms with E-state index in [-0.39, 0.29) is 18.3 Å². The molecule has 0 unspecified atom stereocenters. The summed E-state index contributed by atoms with van der Waals surface area (Å²) in [6, 6.07) is 13.7. The number of aryl methyl sites for hydroxylation is 1. The Balaban J connectivity index is 1.31. The average molecular weight is 599 g/mol. The van der Waals surface area contributed by atoms with E-state index < -0.39 is 12.1 Å². The molecule has 0 heterocycles. The van der Waals surface area contributed by atoms with Crippen molar-refractivity contribution in [3.05, 3.63) is 53.8 Å². The van der Waals surface area contributed by atoms with Crippen LogP contribution in [0.4, 0.5) is 8.78 Å². The van der Waals surface area contributed by atoms with Crippen LogP contribution in [0.5, 0.6) is 5.75 Å². The van der Waals surface area contributed by atoms with Crippen molar-refractivity contribution < 1.29 is 23.0 Å². The molecule has 0 bridgehead atoms. The van der Waals surface area contributed by atoms with E-state index >= 15 is 0 Å². The van der Waals surface area contributed by atoms with Gasteiger partial charge in [0.2, 0.25) is 0 Å². The van der Waals surface area contributed by atoms with Crippen molar-refractivity contribution in [1.82, 2.24) is 0 Å². The van der Waals surface area contributed by atoms with Crippen LogP contribution in [-0.4, -0.2) is 24.9 Å². The third-order valence-electron chi connectivity index (χ3n) is 8.96. The SMILES string of the molecule is CCCCCCCCCCCCOc1ccc(-c2ccc(CCC3CCC(OC(=O)[C@@H](F)CCCC)CC3)cc2)cc1F. The molecule has 0 saturated heterocycles. The Hall–Kier alpha value is -2.43. The van der Waals surface area contributed by atoms with Gasteiger partial charge in [-0.1, -0.05) is 115 Å². The molecule has 0 N–H and O–H groups in total. The first-order valence-corrected chi connectivity index (χ1v) is 17.4. The molecular formula is C38H56F2O3. The molecule has 2 aromatic carbocycles. The van der Waals surface area contributed by atoms with Gasteiger partial charge in [-0.05, 0) is 86.1 Å². The molecule has 1 aliphatic carbocycles. The van der Waals surface area contributed by atoms with Gasteiger partial charge in [-0.15, -0.1) is 0 Å². The maximum Gasteiger partial charge on any atom is 0.340 e. The molecule has 1 fully saturated rings. The normalized spacial score (nSPS) is 17.5. The van der Waals surface area contributed by atoms with Crippen LogP contribution in [-0.2, 0) is 16.0 Å². The summed E-state index contributed by atoms with van der Waals surface area (Å²) in [5, 5.41) is 0. The fourth-order valence-electron chi connectivity index (χ4n) is 6.08. The average Bonchev–Trinajstić information content (AvgIpc) is 3.03. The molecule has 2 aromatic rings. The highest BCUT2D eigenvalue weighted by Crippen LogP contribution is 2.31. The van der Waals surface area contributed by atoms with Gasteiger partial charge >= 0.3 is 5.97 Å². The summed E-state index contributed by atoms with van der Waals surface area (Å²) in [6.07, 6.45) is 18.6. The van der Waals surface area contributed by atoms with Crippen molar-refractivity contribution in [3.63, 3.8) is 0 Å². The first-order chi connectivity index (χ1) is 21.0. The molecule has 0 aromatic heterocycles. The van der Waals surface area contributed by atoms with Gasteiger partial charge in [0, 0.05) is 0 Å². The molecule has 1 aliphatic rings. The lowest BCUT2D eigenvalue weighted by atomic mass is 9.83. The van der Waals surface area contributed by atoms with Gasteiger partial charge in [-0.3, -0.25) is 0 Å². The first kappa shape index (κ1) is 35.1. The molecule has 0 spiro atoms. The minimum Gasteiger partial charge on any atom is -0.491 e. The topological polar surface area (TPSA) is 35.5 Å². The second-order valence-electron chi connectivity index (χ2n) is 12.6. The summed E-state index contributed by atoms with van der Waals surface area (Å²) in [6.45, 7) is 4.80. The molecule has 1 atom stereocenters. The fraction of sp³-hybridized carbons (Fsp3) is 0.658. The minimum atomic E-state index is -1.48. The highest BCUT2D eigenvalue weighted by Gasteiger charge is 2.27. The predicted octanol–water partition coefficient (Wildman–Crippen LogP) is 11.4. The van der Waals surface area contributed by atoms with Crippen LogP contribution in [0.3, 0.4) is 0 Å². The van der Waals surface area contributed by atoms with Crippen LogP contribution in [0.2, 0.25) is 0 Å². The van der Waals surface area contributed by atoms with Gasteiger partial charge < -0.3 is 9.47 Å². The zero-order valence-corrected chi connectivity index (χ0v) is 26.9. The van der Waals surface area contributed by atoms with Crippen molar-refractivity contribution in [1.29, 1.82) is 0 Å². The van der Waals surface area contributed by atoms with Gasteiger partial charge in [-0.25, -0.2) is 13.6 Å². The van der Waals surface area contributed by atoms with Gasteiger partial charge in [0.05, 0.1) is 6.61 Å². The lowest BCUT2D eigenvalue weighted by molar-refractivity contribution is -0.157. The van der Waals surface area contributed by atoms with Crippen LogP contribution in [0, 0.1) is 11.7 Å². The number of hydrogen-bond donors (Lipinski definition) is 0. The number of hydrogen-bond acceptors (Lipinski definition) is 3. The van der Waals surface area contributed by atoms with E-state index in [1.807, 2.05) is 13.0 Å². The number of ether oxygens (including phenoxy) is 2. The van der Waals surface area contributed by atoms with E-state index in [9.17, 15) is 13.6 Å². The maximum atomic E-state index is 14.8. The summed E-state index contributed by atoms with van der Waals surface area (Å²) >= 11 is 0. The lowest BCUT2D eigenvalue weighted by Gasteiger charge is -2.28. The molecule has 5 heteroatoms. The summed E-state index contributed by atoms with van der Waals surface area (Å²) in [5.41, 5.74) is 3.12. The van der Waals surface area contributed by atoms with Crippen LogP contribution in [0.1, 0.15) is 135 Å². The number of alkyl halides is 1. The van der Waals surface area contributed by atoms with E-state index in [0.29, 0.717) is 24.7 Å². The monoisotopic (exact) mass is 598 g/mol.